The molecule has 0 fully saturated rings. The quantitative estimate of drug-likeness (QED) is 0.791. The summed E-state index contributed by atoms with van der Waals surface area (Å²) in [5.41, 5.74) is -0.893. The van der Waals surface area contributed by atoms with Crippen molar-refractivity contribution >= 4 is 5.97 Å². The number of alkyl halides is 3. The molecule has 0 aliphatic rings. The van der Waals surface area contributed by atoms with Gasteiger partial charge in [-0.2, -0.15) is 13.2 Å². The number of phenols is 1. The van der Waals surface area contributed by atoms with Crippen LogP contribution in [0.2, 0.25) is 0 Å². The van der Waals surface area contributed by atoms with Gasteiger partial charge in [-0.05, 0) is 30.0 Å². The average molecular weight is 352 g/mol. The minimum Gasteiger partial charge on any atom is -0.507 e. The molecule has 134 valence electrons. The van der Waals surface area contributed by atoms with Crippen molar-refractivity contribution in [3.05, 3.63) is 64.2 Å². The van der Waals surface area contributed by atoms with Gasteiger partial charge in [0.15, 0.2) is 0 Å². The summed E-state index contributed by atoms with van der Waals surface area (Å²) >= 11 is 0. The van der Waals surface area contributed by atoms with E-state index < -0.39 is 29.0 Å². The number of ether oxygens (including phenoxy) is 1. The molecule has 0 spiro atoms. The summed E-state index contributed by atoms with van der Waals surface area (Å²) in [6.45, 7) is 2.99. The van der Waals surface area contributed by atoms with E-state index >= 15 is 0 Å². The number of benzene rings is 2. The van der Waals surface area contributed by atoms with Gasteiger partial charge in [0, 0.05) is 6.42 Å². The highest BCUT2D eigenvalue weighted by molar-refractivity contribution is 5.95. The molecule has 2 aromatic carbocycles. The summed E-state index contributed by atoms with van der Waals surface area (Å²) in [7, 11) is 0. The van der Waals surface area contributed by atoms with E-state index in [-0.39, 0.29) is 30.6 Å². The summed E-state index contributed by atoms with van der Waals surface area (Å²) in [5.74, 6) is -1.84. The molecular weight excluding hydrogens is 333 g/mol. The molecule has 0 heterocycles. The molecule has 2 rings (SSSR count). The van der Waals surface area contributed by atoms with Crippen molar-refractivity contribution < 1.29 is 27.8 Å². The van der Waals surface area contributed by atoms with Gasteiger partial charge in [-0.15, -0.1) is 0 Å². The van der Waals surface area contributed by atoms with E-state index in [2.05, 4.69) is 0 Å². The Balaban J connectivity index is 2.67. The maximum atomic E-state index is 13.5. The van der Waals surface area contributed by atoms with E-state index in [1.807, 2.05) is 6.07 Å². The topological polar surface area (TPSA) is 46.5 Å². The van der Waals surface area contributed by atoms with E-state index in [0.29, 0.717) is 0 Å². The van der Waals surface area contributed by atoms with Crippen molar-refractivity contribution in [2.24, 2.45) is 0 Å². The van der Waals surface area contributed by atoms with Crippen molar-refractivity contribution in [1.29, 1.82) is 0 Å². The first-order chi connectivity index (χ1) is 11.8. The molecule has 0 aliphatic carbocycles. The van der Waals surface area contributed by atoms with Gasteiger partial charge in [-0.3, -0.25) is 0 Å². The number of aryl methyl sites for hydroxylation is 1. The van der Waals surface area contributed by atoms with Crippen LogP contribution in [-0.4, -0.2) is 17.7 Å². The molecule has 0 amide bonds. The third kappa shape index (κ3) is 4.13. The normalized spacial score (nSPS) is 11.4. The highest BCUT2D eigenvalue weighted by atomic mass is 19.4. The number of phenolic OH excluding ortho intramolecular Hbond substituents is 1. The average Bonchev–Trinajstić information content (AvgIpc) is 2.56. The Morgan fingerprint density at radius 1 is 1.12 bits per heavy atom. The van der Waals surface area contributed by atoms with E-state index in [9.17, 15) is 23.1 Å². The Labute approximate surface area is 144 Å². The smallest absolute Gasteiger partial charge is 0.417 e. The zero-order valence-electron chi connectivity index (χ0n) is 14.0. The Kier molecular flexibility index (Phi) is 5.72. The summed E-state index contributed by atoms with van der Waals surface area (Å²) in [6.07, 6.45) is -4.48. The first-order valence-corrected chi connectivity index (χ1v) is 7.95. The Hall–Kier alpha value is -2.50. The first kappa shape index (κ1) is 18.8. The number of carbonyl (C=O) groups excluding carboxylic acids is 1. The van der Waals surface area contributed by atoms with Crippen molar-refractivity contribution in [2.45, 2.75) is 32.9 Å². The second kappa shape index (κ2) is 7.59. The van der Waals surface area contributed by atoms with E-state index in [1.165, 1.54) is 13.0 Å². The zero-order valence-corrected chi connectivity index (χ0v) is 14.0. The molecule has 0 saturated heterocycles. The fourth-order valence-corrected chi connectivity index (χ4v) is 2.75. The summed E-state index contributed by atoms with van der Waals surface area (Å²) in [4.78, 5) is 12.1. The fraction of sp³-hybridized carbons (Fsp3) is 0.316. The number of carbonyl (C=O) groups is 1. The molecule has 0 unspecified atom stereocenters. The van der Waals surface area contributed by atoms with E-state index in [1.54, 1.807) is 31.2 Å². The molecule has 0 radical (unpaired) electrons. The van der Waals surface area contributed by atoms with E-state index in [4.69, 9.17) is 4.74 Å². The van der Waals surface area contributed by atoms with Gasteiger partial charge in [0.05, 0.1) is 12.2 Å². The molecule has 3 nitrogen and oxygen atoms in total. The lowest BCUT2D eigenvalue weighted by Gasteiger charge is -2.20. The third-order valence-electron chi connectivity index (χ3n) is 3.84. The molecule has 0 aliphatic heterocycles. The third-order valence-corrected chi connectivity index (χ3v) is 3.84. The van der Waals surface area contributed by atoms with Crippen LogP contribution in [-0.2, 0) is 23.8 Å². The molecule has 0 aromatic heterocycles. The lowest BCUT2D eigenvalue weighted by molar-refractivity contribution is -0.138. The summed E-state index contributed by atoms with van der Waals surface area (Å²) in [5, 5.41) is 10.4. The first-order valence-electron chi connectivity index (χ1n) is 7.95. The SMILES string of the molecule is CCOC(=O)c1c(O)c(Cc2ccccc2)cc(CC)c1C(F)(F)F. The second-order valence-electron chi connectivity index (χ2n) is 5.53. The van der Waals surface area contributed by atoms with Crippen LogP contribution in [0, 0.1) is 0 Å². The molecule has 0 bridgehead atoms. The van der Waals surface area contributed by atoms with Crippen LogP contribution in [0.25, 0.3) is 0 Å². The van der Waals surface area contributed by atoms with Gasteiger partial charge in [0.25, 0.3) is 0 Å². The van der Waals surface area contributed by atoms with Crippen LogP contribution in [0.4, 0.5) is 13.2 Å². The van der Waals surface area contributed by atoms with Crippen LogP contribution in [0.3, 0.4) is 0 Å². The van der Waals surface area contributed by atoms with Crippen molar-refractivity contribution in [1.82, 2.24) is 0 Å². The van der Waals surface area contributed by atoms with Crippen LogP contribution in [0.5, 0.6) is 5.75 Å². The largest absolute Gasteiger partial charge is 0.507 e. The number of hydrogen-bond donors (Lipinski definition) is 1. The lowest BCUT2D eigenvalue weighted by atomic mass is 9.91. The van der Waals surface area contributed by atoms with Crippen molar-refractivity contribution in [3.8, 4) is 5.75 Å². The highest BCUT2D eigenvalue weighted by Gasteiger charge is 2.40. The van der Waals surface area contributed by atoms with Crippen molar-refractivity contribution in [3.63, 3.8) is 0 Å². The number of rotatable bonds is 5. The van der Waals surface area contributed by atoms with Gasteiger partial charge >= 0.3 is 12.1 Å². The predicted molar refractivity (Wildman–Crippen MR) is 87.7 cm³/mol. The van der Waals surface area contributed by atoms with Gasteiger partial charge in [0.1, 0.15) is 11.3 Å². The maximum Gasteiger partial charge on any atom is 0.417 e. The molecule has 2 aromatic rings. The molecule has 25 heavy (non-hydrogen) atoms. The minimum atomic E-state index is -4.77. The lowest BCUT2D eigenvalue weighted by Crippen LogP contribution is -2.19. The monoisotopic (exact) mass is 352 g/mol. The Morgan fingerprint density at radius 3 is 2.28 bits per heavy atom. The van der Waals surface area contributed by atoms with Gasteiger partial charge in [-0.25, -0.2) is 4.79 Å². The standard InChI is InChI=1S/C19H19F3O3/c1-3-13-11-14(10-12-8-6-5-7-9-12)17(23)15(18(24)25-4-2)16(13)19(20,21)22/h5-9,11,23H,3-4,10H2,1-2H3. The second-order valence-corrected chi connectivity index (χ2v) is 5.53. The van der Waals surface area contributed by atoms with Gasteiger partial charge < -0.3 is 9.84 Å². The molecule has 0 saturated carbocycles. The fourth-order valence-electron chi connectivity index (χ4n) is 2.75. The van der Waals surface area contributed by atoms with Crippen LogP contribution >= 0.6 is 0 Å². The summed E-state index contributed by atoms with van der Waals surface area (Å²) in [6, 6.07) is 10.3. The van der Waals surface area contributed by atoms with Crippen molar-refractivity contribution in [2.75, 3.05) is 6.61 Å². The molecule has 6 heteroatoms. The van der Waals surface area contributed by atoms with Crippen LogP contribution < -0.4 is 0 Å². The molecular formula is C19H19F3O3. The Bertz CT molecular complexity index is 753. The molecule has 0 atom stereocenters. The van der Waals surface area contributed by atoms with Crippen LogP contribution in [0.15, 0.2) is 36.4 Å². The van der Waals surface area contributed by atoms with E-state index in [0.717, 1.165) is 5.56 Å². The number of halogens is 3. The van der Waals surface area contributed by atoms with Gasteiger partial charge in [0.2, 0.25) is 0 Å². The maximum absolute atomic E-state index is 13.5. The zero-order chi connectivity index (χ0) is 18.6. The Morgan fingerprint density at radius 2 is 1.76 bits per heavy atom. The predicted octanol–water partition coefficient (Wildman–Crippen LogP) is 4.74. The highest BCUT2D eigenvalue weighted by Crippen LogP contribution is 2.41. The van der Waals surface area contributed by atoms with Gasteiger partial charge in [-0.1, -0.05) is 43.3 Å². The number of hydrogen-bond acceptors (Lipinski definition) is 3. The minimum absolute atomic E-state index is 0.0423. The number of esters is 1. The summed E-state index contributed by atoms with van der Waals surface area (Å²) < 4.78 is 45.3. The molecule has 1 N–H and O–H groups in total. The number of aromatic hydroxyl groups is 1. The van der Waals surface area contributed by atoms with Crippen LogP contribution in [0.1, 0.15) is 46.5 Å².